The van der Waals surface area contributed by atoms with Gasteiger partial charge in [-0.1, -0.05) is 69.2 Å². The minimum absolute atomic E-state index is 0.663. The van der Waals surface area contributed by atoms with Crippen LogP contribution in [0, 0.1) is 0 Å². The quantitative estimate of drug-likeness (QED) is 0.434. The molecule has 20 heavy (non-hydrogen) atoms. The number of alkyl halides is 1. The van der Waals surface area contributed by atoms with Crippen molar-refractivity contribution in [3.63, 3.8) is 0 Å². The van der Waals surface area contributed by atoms with Crippen molar-refractivity contribution in [3.8, 4) is 22.4 Å². The van der Waals surface area contributed by atoms with Crippen molar-refractivity contribution in [2.24, 2.45) is 0 Å². The standard InChI is InChI=1S/C16H10BrNOS/c17-9-12-15-10-5-1-3-7-13(10)20-14-8-4-2-6-11(14)16(15)18-19-12/h1-8H,9H2. The van der Waals surface area contributed by atoms with Crippen molar-refractivity contribution in [2.45, 2.75) is 15.1 Å². The molecule has 1 aromatic heterocycles. The molecular formula is C16H10BrNOS. The maximum absolute atomic E-state index is 5.53. The van der Waals surface area contributed by atoms with Gasteiger partial charge < -0.3 is 4.52 Å². The highest BCUT2D eigenvalue weighted by Crippen LogP contribution is 2.48. The average molecular weight is 344 g/mol. The fourth-order valence-electron chi connectivity index (χ4n) is 2.51. The van der Waals surface area contributed by atoms with Crippen molar-refractivity contribution in [2.75, 3.05) is 0 Å². The Kier molecular flexibility index (Phi) is 2.93. The Morgan fingerprint density at radius 2 is 1.60 bits per heavy atom. The Balaban J connectivity index is 2.12. The first-order valence-corrected chi connectivity index (χ1v) is 8.23. The molecule has 0 spiro atoms. The molecule has 2 nitrogen and oxygen atoms in total. The molecule has 0 fully saturated rings. The fourth-order valence-corrected chi connectivity index (χ4v) is 3.98. The largest absolute Gasteiger partial charge is 0.359 e. The Hall–Kier alpha value is -1.52. The molecule has 0 atom stereocenters. The van der Waals surface area contributed by atoms with E-state index in [0.29, 0.717) is 5.33 Å². The third-order valence-electron chi connectivity index (χ3n) is 3.40. The first kappa shape index (κ1) is 12.2. The monoisotopic (exact) mass is 343 g/mol. The summed E-state index contributed by atoms with van der Waals surface area (Å²) in [7, 11) is 0. The lowest BCUT2D eigenvalue weighted by atomic mass is 10.00. The molecule has 1 aliphatic rings. The summed E-state index contributed by atoms with van der Waals surface area (Å²) in [5, 5.41) is 4.97. The molecule has 1 aliphatic heterocycles. The summed E-state index contributed by atoms with van der Waals surface area (Å²) >= 11 is 5.28. The lowest BCUT2D eigenvalue weighted by Gasteiger charge is -2.05. The van der Waals surface area contributed by atoms with E-state index < -0.39 is 0 Å². The van der Waals surface area contributed by atoms with Gasteiger partial charge in [0.1, 0.15) is 5.69 Å². The van der Waals surface area contributed by atoms with E-state index in [1.165, 1.54) is 15.4 Å². The van der Waals surface area contributed by atoms with Gasteiger partial charge in [0, 0.05) is 20.9 Å². The first-order valence-electron chi connectivity index (χ1n) is 6.29. The van der Waals surface area contributed by atoms with Crippen molar-refractivity contribution >= 4 is 27.7 Å². The predicted molar refractivity (Wildman–Crippen MR) is 84.1 cm³/mol. The molecule has 0 bridgehead atoms. The number of nitrogens with zero attached hydrogens (tertiary/aromatic N) is 1. The van der Waals surface area contributed by atoms with E-state index in [1.807, 2.05) is 6.07 Å². The van der Waals surface area contributed by atoms with E-state index in [9.17, 15) is 0 Å². The van der Waals surface area contributed by atoms with Crippen LogP contribution in [0.2, 0.25) is 0 Å². The summed E-state index contributed by atoms with van der Waals surface area (Å²) in [6.07, 6.45) is 0. The summed E-state index contributed by atoms with van der Waals surface area (Å²) < 4.78 is 5.53. The van der Waals surface area contributed by atoms with Crippen molar-refractivity contribution < 1.29 is 4.52 Å². The second-order valence-electron chi connectivity index (χ2n) is 4.56. The summed E-state index contributed by atoms with van der Waals surface area (Å²) in [5.41, 5.74) is 4.38. The smallest absolute Gasteiger partial charge is 0.155 e. The Morgan fingerprint density at radius 1 is 0.950 bits per heavy atom. The zero-order valence-corrected chi connectivity index (χ0v) is 12.9. The molecule has 0 N–H and O–H groups in total. The van der Waals surface area contributed by atoms with Crippen molar-refractivity contribution in [1.29, 1.82) is 0 Å². The summed E-state index contributed by atoms with van der Waals surface area (Å²) in [6, 6.07) is 16.8. The van der Waals surface area contributed by atoms with Gasteiger partial charge in [0.2, 0.25) is 0 Å². The van der Waals surface area contributed by atoms with Crippen LogP contribution in [0.1, 0.15) is 5.76 Å². The Morgan fingerprint density at radius 3 is 2.35 bits per heavy atom. The van der Waals surface area contributed by atoms with Gasteiger partial charge in [-0.25, -0.2) is 0 Å². The van der Waals surface area contributed by atoms with Crippen molar-refractivity contribution in [3.05, 3.63) is 54.3 Å². The van der Waals surface area contributed by atoms with Gasteiger partial charge in [-0.15, -0.1) is 0 Å². The topological polar surface area (TPSA) is 26.0 Å². The van der Waals surface area contributed by atoms with Crippen LogP contribution in [0.25, 0.3) is 22.4 Å². The van der Waals surface area contributed by atoms with Crippen LogP contribution in [-0.4, -0.2) is 5.16 Å². The van der Waals surface area contributed by atoms with Crippen LogP contribution < -0.4 is 0 Å². The van der Waals surface area contributed by atoms with Gasteiger partial charge in [0.25, 0.3) is 0 Å². The first-order chi connectivity index (χ1) is 9.88. The minimum atomic E-state index is 0.663. The summed E-state index contributed by atoms with van der Waals surface area (Å²) in [4.78, 5) is 2.46. The molecule has 2 heterocycles. The highest BCUT2D eigenvalue weighted by Gasteiger charge is 2.25. The molecule has 0 amide bonds. The zero-order valence-electron chi connectivity index (χ0n) is 10.5. The molecule has 98 valence electrons. The van der Waals surface area contributed by atoms with Crippen LogP contribution >= 0.6 is 27.7 Å². The third-order valence-corrected chi connectivity index (χ3v) is 5.06. The van der Waals surface area contributed by atoms with Gasteiger partial charge in [0.05, 0.1) is 10.9 Å². The van der Waals surface area contributed by atoms with E-state index in [4.69, 9.17) is 4.52 Å². The molecule has 4 heteroatoms. The van der Waals surface area contributed by atoms with E-state index in [-0.39, 0.29) is 0 Å². The normalized spacial score (nSPS) is 12.2. The highest BCUT2D eigenvalue weighted by molar-refractivity contribution is 9.08. The van der Waals surface area contributed by atoms with Crippen molar-refractivity contribution in [1.82, 2.24) is 5.16 Å². The van der Waals surface area contributed by atoms with Crippen LogP contribution in [0.4, 0.5) is 0 Å². The van der Waals surface area contributed by atoms with Gasteiger partial charge >= 0.3 is 0 Å². The maximum atomic E-state index is 5.53. The molecular weight excluding hydrogens is 334 g/mol. The molecule has 0 unspecified atom stereocenters. The molecule has 0 aliphatic carbocycles. The number of aromatic nitrogens is 1. The number of fused-ring (bicyclic) bond motifs is 5. The molecule has 4 rings (SSSR count). The van der Waals surface area contributed by atoms with Gasteiger partial charge in [-0.3, -0.25) is 0 Å². The van der Waals surface area contributed by atoms with Crippen LogP contribution in [0.15, 0.2) is 62.8 Å². The average Bonchev–Trinajstić information content (AvgIpc) is 2.86. The maximum Gasteiger partial charge on any atom is 0.155 e. The number of halogens is 1. The zero-order chi connectivity index (χ0) is 13.5. The van der Waals surface area contributed by atoms with E-state index >= 15 is 0 Å². The van der Waals surface area contributed by atoms with Gasteiger partial charge in [0.15, 0.2) is 5.76 Å². The van der Waals surface area contributed by atoms with Crippen LogP contribution in [-0.2, 0) is 5.33 Å². The molecule has 3 aromatic rings. The Bertz CT molecular complexity index is 797. The third kappa shape index (κ3) is 1.75. The second kappa shape index (κ2) is 4.79. The predicted octanol–water partition coefficient (Wildman–Crippen LogP) is 5.37. The van der Waals surface area contributed by atoms with Crippen LogP contribution in [0.3, 0.4) is 0 Å². The molecule has 0 saturated heterocycles. The highest BCUT2D eigenvalue weighted by atomic mass is 79.9. The lowest BCUT2D eigenvalue weighted by molar-refractivity contribution is 0.398. The summed E-state index contributed by atoms with van der Waals surface area (Å²) in [5.74, 6) is 0.879. The summed E-state index contributed by atoms with van der Waals surface area (Å²) in [6.45, 7) is 0. The van der Waals surface area contributed by atoms with Gasteiger partial charge in [-0.05, 0) is 12.1 Å². The SMILES string of the molecule is BrCc1onc2c1-c1ccccc1Sc1ccccc1-2. The molecule has 0 radical (unpaired) electrons. The van der Waals surface area contributed by atoms with Crippen LogP contribution in [0.5, 0.6) is 0 Å². The second-order valence-corrected chi connectivity index (χ2v) is 6.20. The number of benzene rings is 2. The minimum Gasteiger partial charge on any atom is -0.359 e. The van der Waals surface area contributed by atoms with Gasteiger partial charge in [-0.2, -0.15) is 0 Å². The lowest BCUT2D eigenvalue weighted by Crippen LogP contribution is -1.84. The van der Waals surface area contributed by atoms with E-state index in [1.54, 1.807) is 11.8 Å². The fraction of sp³-hybridized carbons (Fsp3) is 0.0625. The van der Waals surface area contributed by atoms with E-state index in [2.05, 4.69) is 63.6 Å². The molecule has 0 saturated carbocycles. The Labute approximate surface area is 129 Å². The number of hydrogen-bond donors (Lipinski definition) is 0. The molecule has 2 aromatic carbocycles. The number of rotatable bonds is 1. The van der Waals surface area contributed by atoms with E-state index in [0.717, 1.165) is 22.6 Å². The number of hydrogen-bond acceptors (Lipinski definition) is 3.